The molecule has 9 heteroatoms. The highest BCUT2D eigenvalue weighted by Gasteiger charge is 2.13. The molecule has 0 saturated carbocycles. The molecule has 0 radical (unpaired) electrons. The number of anilines is 1. The lowest BCUT2D eigenvalue weighted by Gasteiger charge is -2.14. The monoisotopic (exact) mass is 473 g/mol. The van der Waals surface area contributed by atoms with Gasteiger partial charge in [-0.05, 0) is 35.9 Å². The summed E-state index contributed by atoms with van der Waals surface area (Å²) >= 11 is 1.71. The van der Waals surface area contributed by atoms with E-state index >= 15 is 0 Å². The molecule has 1 heterocycles. The van der Waals surface area contributed by atoms with E-state index in [1.807, 2.05) is 12.1 Å². The Kier molecular flexibility index (Phi) is 6.71. The van der Waals surface area contributed by atoms with Gasteiger partial charge >= 0.3 is 0 Å². The van der Waals surface area contributed by atoms with Crippen LogP contribution in [-0.4, -0.2) is 43.6 Å². The highest BCUT2D eigenvalue weighted by molar-refractivity contribution is 7.99. The maximum Gasteiger partial charge on any atom is 0.229 e. The highest BCUT2D eigenvalue weighted by Crippen LogP contribution is 2.29. The van der Waals surface area contributed by atoms with Gasteiger partial charge in [-0.2, -0.15) is 0 Å². The average Bonchev–Trinajstić information content (AvgIpc) is 3.11. The highest BCUT2D eigenvalue weighted by atomic mass is 32.2. The number of aromatic amines is 1. The van der Waals surface area contributed by atoms with Crippen LogP contribution in [-0.2, 0) is 10.0 Å². The molecule has 0 bridgehead atoms. The molecule has 0 aliphatic carbocycles. The van der Waals surface area contributed by atoms with E-state index in [9.17, 15) is 17.9 Å². The summed E-state index contributed by atoms with van der Waals surface area (Å²) in [4.78, 5) is 4.60. The molecule has 0 saturated heterocycles. The number of aromatic nitrogens is 1. The molecular weight excluding hydrogens is 449 g/mol. The van der Waals surface area contributed by atoms with Crippen molar-refractivity contribution in [3.8, 4) is 0 Å². The lowest BCUT2D eigenvalue weighted by molar-refractivity contribution is 0.175. The Hall–Kier alpha value is -2.59. The second-order valence-corrected chi connectivity index (χ2v) is 10.5. The number of H-pyrrole nitrogens is 1. The van der Waals surface area contributed by atoms with Crippen molar-refractivity contribution in [3.63, 3.8) is 0 Å². The zero-order valence-electron chi connectivity index (χ0n) is 17.4. The van der Waals surface area contributed by atoms with Gasteiger partial charge in [-0.1, -0.05) is 30.3 Å². The minimum atomic E-state index is -3.61. The molecule has 0 spiro atoms. The SMILES string of the molecule is CS(=O)(=O)Nc1cc(C(O)CNCCSc2ccc3c(c2)[nH]c2ccccc23)ccc1F. The first-order valence-electron chi connectivity index (χ1n) is 10.1. The van der Waals surface area contributed by atoms with Gasteiger partial charge in [0.15, 0.2) is 0 Å². The number of rotatable bonds is 9. The van der Waals surface area contributed by atoms with Crippen molar-refractivity contribution >= 4 is 49.3 Å². The number of benzene rings is 3. The molecule has 1 atom stereocenters. The van der Waals surface area contributed by atoms with Crippen LogP contribution >= 0.6 is 11.8 Å². The van der Waals surface area contributed by atoms with Gasteiger partial charge in [0.2, 0.25) is 10.0 Å². The van der Waals surface area contributed by atoms with Gasteiger partial charge in [-0.25, -0.2) is 12.8 Å². The first kappa shape index (κ1) is 22.6. The lowest BCUT2D eigenvalue weighted by Crippen LogP contribution is -2.24. The predicted molar refractivity (Wildman–Crippen MR) is 129 cm³/mol. The van der Waals surface area contributed by atoms with E-state index in [4.69, 9.17) is 0 Å². The molecule has 4 aromatic rings. The van der Waals surface area contributed by atoms with Gasteiger partial charge in [0.1, 0.15) is 5.82 Å². The molecule has 6 nitrogen and oxygen atoms in total. The van der Waals surface area contributed by atoms with Crippen molar-refractivity contribution in [1.29, 1.82) is 0 Å². The molecule has 0 fully saturated rings. The fourth-order valence-electron chi connectivity index (χ4n) is 3.55. The Balaban J connectivity index is 1.29. The minimum absolute atomic E-state index is 0.174. The Labute approximate surface area is 190 Å². The van der Waals surface area contributed by atoms with Crippen LogP contribution in [0.3, 0.4) is 0 Å². The van der Waals surface area contributed by atoms with Gasteiger partial charge in [0.05, 0.1) is 18.0 Å². The van der Waals surface area contributed by atoms with Crippen LogP contribution in [0.5, 0.6) is 0 Å². The van der Waals surface area contributed by atoms with Gasteiger partial charge < -0.3 is 15.4 Å². The first-order valence-corrected chi connectivity index (χ1v) is 13.0. The molecule has 4 rings (SSSR count). The number of sulfonamides is 1. The summed E-state index contributed by atoms with van der Waals surface area (Å²) in [6.45, 7) is 0.938. The fourth-order valence-corrected chi connectivity index (χ4v) is 4.95. The maximum atomic E-state index is 13.8. The van der Waals surface area contributed by atoms with E-state index in [1.54, 1.807) is 11.8 Å². The molecule has 1 aromatic heterocycles. The maximum absolute atomic E-state index is 13.8. The van der Waals surface area contributed by atoms with Crippen LogP contribution in [0.4, 0.5) is 10.1 Å². The average molecular weight is 474 g/mol. The van der Waals surface area contributed by atoms with Crippen molar-refractivity contribution in [2.75, 3.05) is 29.8 Å². The third-order valence-corrected chi connectivity index (χ3v) is 6.62. The van der Waals surface area contributed by atoms with Crippen molar-refractivity contribution in [1.82, 2.24) is 10.3 Å². The molecule has 32 heavy (non-hydrogen) atoms. The van der Waals surface area contributed by atoms with E-state index in [1.165, 1.54) is 22.9 Å². The third kappa shape index (κ3) is 5.42. The van der Waals surface area contributed by atoms with Crippen LogP contribution in [0.25, 0.3) is 21.8 Å². The zero-order chi connectivity index (χ0) is 22.7. The molecule has 0 aliphatic rings. The van der Waals surface area contributed by atoms with Crippen molar-refractivity contribution in [2.24, 2.45) is 0 Å². The molecule has 168 valence electrons. The van der Waals surface area contributed by atoms with E-state index in [0.29, 0.717) is 12.1 Å². The van der Waals surface area contributed by atoms with Crippen LogP contribution in [0.1, 0.15) is 11.7 Å². The first-order chi connectivity index (χ1) is 15.3. The standard InChI is InChI=1S/C23H24FN3O3S2/c1-32(29,30)27-22-12-15(6-9-19(22)24)23(28)14-25-10-11-31-16-7-8-18-17-4-2-3-5-20(17)26-21(18)13-16/h2-9,12-13,23,25-28H,10-11,14H2,1H3. The summed E-state index contributed by atoms with van der Waals surface area (Å²) in [6.07, 6.45) is 0.0633. The summed E-state index contributed by atoms with van der Waals surface area (Å²) in [5, 5.41) is 16.0. The topological polar surface area (TPSA) is 94.2 Å². The number of aliphatic hydroxyl groups excluding tert-OH is 1. The van der Waals surface area contributed by atoms with E-state index in [2.05, 4.69) is 45.4 Å². The molecule has 0 amide bonds. The molecule has 0 aliphatic heterocycles. The summed E-state index contributed by atoms with van der Waals surface area (Å²) in [6, 6.07) is 18.5. The predicted octanol–water partition coefficient (Wildman–Crippen LogP) is 4.25. The Morgan fingerprint density at radius 2 is 1.84 bits per heavy atom. The zero-order valence-corrected chi connectivity index (χ0v) is 19.1. The van der Waals surface area contributed by atoms with Gasteiger partial charge in [-0.3, -0.25) is 4.72 Å². The van der Waals surface area contributed by atoms with E-state index in [-0.39, 0.29) is 12.2 Å². The molecular formula is C23H24FN3O3S2. The largest absolute Gasteiger partial charge is 0.387 e. The molecule has 4 N–H and O–H groups in total. The normalized spacial score (nSPS) is 13.0. The van der Waals surface area contributed by atoms with Crippen LogP contribution < -0.4 is 10.0 Å². The number of hydrogen-bond acceptors (Lipinski definition) is 5. The third-order valence-electron chi connectivity index (χ3n) is 5.03. The van der Waals surface area contributed by atoms with Gasteiger partial charge in [0.25, 0.3) is 0 Å². The van der Waals surface area contributed by atoms with Crippen LogP contribution in [0.15, 0.2) is 65.6 Å². The number of para-hydroxylation sites is 1. The van der Waals surface area contributed by atoms with Crippen LogP contribution in [0, 0.1) is 5.82 Å². The van der Waals surface area contributed by atoms with Gasteiger partial charge in [-0.15, -0.1) is 11.8 Å². The quantitative estimate of drug-likeness (QED) is 0.215. The summed E-state index contributed by atoms with van der Waals surface area (Å²) in [5.41, 5.74) is 2.49. The minimum Gasteiger partial charge on any atom is -0.387 e. The van der Waals surface area contributed by atoms with E-state index < -0.39 is 21.9 Å². The summed E-state index contributed by atoms with van der Waals surface area (Å²) in [5.74, 6) is 0.116. The number of aliphatic hydroxyl groups is 1. The number of halogens is 1. The van der Waals surface area contributed by atoms with Crippen molar-refractivity contribution in [2.45, 2.75) is 11.0 Å². The van der Waals surface area contributed by atoms with Crippen LogP contribution in [0.2, 0.25) is 0 Å². The second kappa shape index (κ2) is 9.50. The lowest BCUT2D eigenvalue weighted by atomic mass is 10.1. The number of fused-ring (bicyclic) bond motifs is 3. The van der Waals surface area contributed by atoms with Crippen molar-refractivity contribution in [3.05, 3.63) is 72.0 Å². The Morgan fingerprint density at radius 1 is 1.06 bits per heavy atom. The number of thioether (sulfide) groups is 1. The summed E-state index contributed by atoms with van der Waals surface area (Å²) < 4.78 is 38.6. The summed E-state index contributed by atoms with van der Waals surface area (Å²) in [7, 11) is -3.61. The second-order valence-electron chi connectivity index (χ2n) is 7.56. The molecule has 3 aromatic carbocycles. The van der Waals surface area contributed by atoms with Crippen molar-refractivity contribution < 1.29 is 17.9 Å². The molecule has 1 unspecified atom stereocenters. The number of hydrogen-bond donors (Lipinski definition) is 4. The smallest absolute Gasteiger partial charge is 0.229 e. The number of nitrogens with one attached hydrogen (secondary N) is 3. The fraction of sp³-hybridized carbons (Fsp3) is 0.217. The Bertz CT molecular complexity index is 1360. The van der Waals surface area contributed by atoms with Gasteiger partial charge in [0, 0.05) is 45.5 Å². The van der Waals surface area contributed by atoms with E-state index in [0.717, 1.165) is 34.0 Å². The Morgan fingerprint density at radius 3 is 2.66 bits per heavy atom.